The molecule has 0 atom stereocenters. The van der Waals surface area contributed by atoms with E-state index < -0.39 is 9.84 Å². The lowest BCUT2D eigenvalue weighted by molar-refractivity contribution is 0.0961. The number of carbonyl (C=O) groups excluding carboxylic acids is 1. The van der Waals surface area contributed by atoms with Gasteiger partial charge in [0.15, 0.2) is 0 Å². The fraction of sp³-hybridized carbons (Fsp3) is 0.250. The van der Waals surface area contributed by atoms with Gasteiger partial charge in [-0.25, -0.2) is 8.42 Å². The quantitative estimate of drug-likeness (QED) is 0.889. The van der Waals surface area contributed by atoms with E-state index in [0.29, 0.717) is 10.6 Å². The minimum absolute atomic E-state index is 0.0798. The molecule has 3 N–H and O–H groups in total. The lowest BCUT2D eigenvalue weighted by Crippen LogP contribution is -2.28. The lowest BCUT2D eigenvalue weighted by Gasteiger charge is -2.03. The summed E-state index contributed by atoms with van der Waals surface area (Å²) in [5, 5.41) is 3.42. The molecule has 0 aliphatic heterocycles. The highest BCUT2D eigenvalue weighted by molar-refractivity contribution is 7.90. The summed E-state index contributed by atoms with van der Waals surface area (Å²) < 4.78 is 22.9. The second kappa shape index (κ2) is 5.18. The maximum atomic E-state index is 11.9. The maximum absolute atomic E-state index is 11.9. The highest BCUT2D eigenvalue weighted by Crippen LogP contribution is 2.33. The van der Waals surface area contributed by atoms with Gasteiger partial charge in [0.2, 0.25) is 0 Å². The summed E-state index contributed by atoms with van der Waals surface area (Å²) in [6.45, 7) is 0.0886. The summed E-state index contributed by atoms with van der Waals surface area (Å²) in [4.78, 5) is 12.4. The number of amides is 1. The Hall–Kier alpha value is -1.60. The van der Waals surface area contributed by atoms with Gasteiger partial charge in [-0.15, -0.1) is 11.3 Å². The first-order valence-corrected chi connectivity index (χ1v) is 8.49. The van der Waals surface area contributed by atoms with Crippen molar-refractivity contribution >= 4 is 42.9 Å². The highest BCUT2D eigenvalue weighted by atomic mass is 32.2. The van der Waals surface area contributed by atoms with Gasteiger partial charge in [0, 0.05) is 22.9 Å². The molecule has 0 radical (unpaired) electrons. The topological polar surface area (TPSA) is 89.3 Å². The van der Waals surface area contributed by atoms with Crippen LogP contribution in [0.15, 0.2) is 24.3 Å². The summed E-state index contributed by atoms with van der Waals surface area (Å²) in [7, 11) is -3.08. The number of rotatable bonds is 4. The molecular formula is C12H14N2O3S2. The number of carbonyl (C=O) groups is 1. The molecule has 102 valence electrons. The van der Waals surface area contributed by atoms with Crippen LogP contribution in [0, 0.1) is 0 Å². The number of fused-ring (bicyclic) bond motifs is 1. The normalized spacial score (nSPS) is 11.6. The van der Waals surface area contributed by atoms with Crippen molar-refractivity contribution in [3.63, 3.8) is 0 Å². The minimum Gasteiger partial charge on any atom is -0.397 e. The van der Waals surface area contributed by atoms with E-state index in [0.717, 1.165) is 16.3 Å². The Bertz CT molecular complexity index is 720. The van der Waals surface area contributed by atoms with Crippen LogP contribution in [0.1, 0.15) is 9.67 Å². The number of hydrogen-bond donors (Lipinski definition) is 2. The molecule has 0 unspecified atom stereocenters. The van der Waals surface area contributed by atoms with Crippen molar-refractivity contribution < 1.29 is 13.2 Å². The van der Waals surface area contributed by atoms with Gasteiger partial charge in [0.05, 0.1) is 11.4 Å². The minimum atomic E-state index is -3.08. The molecule has 1 aromatic carbocycles. The molecular weight excluding hydrogens is 284 g/mol. The number of hydrogen-bond acceptors (Lipinski definition) is 5. The van der Waals surface area contributed by atoms with E-state index in [4.69, 9.17) is 5.73 Å². The average Bonchev–Trinajstić information content (AvgIpc) is 2.66. The number of thiophene rings is 1. The van der Waals surface area contributed by atoms with Gasteiger partial charge in [-0.05, 0) is 6.07 Å². The van der Waals surface area contributed by atoms with E-state index in [1.54, 1.807) is 0 Å². The second-order valence-electron chi connectivity index (χ2n) is 4.23. The molecule has 0 aliphatic rings. The number of nitrogen functional groups attached to an aromatic ring is 1. The van der Waals surface area contributed by atoms with Crippen LogP contribution < -0.4 is 11.1 Å². The van der Waals surface area contributed by atoms with Crippen LogP contribution in [-0.2, 0) is 9.84 Å². The van der Waals surface area contributed by atoms with Crippen LogP contribution in [0.2, 0.25) is 0 Å². The molecule has 0 saturated carbocycles. The monoisotopic (exact) mass is 298 g/mol. The summed E-state index contributed by atoms with van der Waals surface area (Å²) in [5.41, 5.74) is 6.37. The molecule has 1 aromatic heterocycles. The smallest absolute Gasteiger partial charge is 0.263 e. The Kier molecular flexibility index (Phi) is 3.77. The van der Waals surface area contributed by atoms with Crippen molar-refractivity contribution in [2.45, 2.75) is 0 Å². The number of sulfone groups is 1. The van der Waals surface area contributed by atoms with E-state index in [2.05, 4.69) is 5.32 Å². The van der Waals surface area contributed by atoms with E-state index >= 15 is 0 Å². The first kappa shape index (κ1) is 13.8. The number of benzene rings is 1. The van der Waals surface area contributed by atoms with Crippen LogP contribution in [0.4, 0.5) is 5.69 Å². The SMILES string of the molecule is CS(=O)(=O)CCNC(=O)c1sc2ccccc2c1N. The predicted octanol–water partition coefficient (Wildman–Crippen LogP) is 1.26. The zero-order chi connectivity index (χ0) is 14.0. The molecule has 0 aliphatic carbocycles. The molecule has 5 nitrogen and oxygen atoms in total. The van der Waals surface area contributed by atoms with Crippen molar-refractivity contribution in [2.75, 3.05) is 24.3 Å². The van der Waals surface area contributed by atoms with Gasteiger partial charge < -0.3 is 11.1 Å². The van der Waals surface area contributed by atoms with Gasteiger partial charge in [-0.3, -0.25) is 4.79 Å². The zero-order valence-corrected chi connectivity index (χ0v) is 12.0. The molecule has 7 heteroatoms. The molecule has 0 bridgehead atoms. The van der Waals surface area contributed by atoms with E-state index in [1.165, 1.54) is 11.3 Å². The van der Waals surface area contributed by atoms with Gasteiger partial charge in [-0.2, -0.15) is 0 Å². The number of nitrogens with one attached hydrogen (secondary N) is 1. The van der Waals surface area contributed by atoms with Crippen molar-refractivity contribution in [3.05, 3.63) is 29.1 Å². The van der Waals surface area contributed by atoms with E-state index in [-0.39, 0.29) is 18.2 Å². The summed E-state index contributed by atoms with van der Waals surface area (Å²) in [6.07, 6.45) is 1.13. The Balaban J connectivity index is 2.16. The average molecular weight is 298 g/mol. The van der Waals surface area contributed by atoms with Crippen LogP contribution in [-0.4, -0.2) is 32.9 Å². The fourth-order valence-electron chi connectivity index (χ4n) is 1.66. The predicted molar refractivity (Wildman–Crippen MR) is 78.3 cm³/mol. The Morgan fingerprint density at radius 3 is 2.68 bits per heavy atom. The molecule has 2 aromatic rings. The maximum Gasteiger partial charge on any atom is 0.263 e. The van der Waals surface area contributed by atoms with Crippen LogP contribution in [0.25, 0.3) is 10.1 Å². The summed E-state index contributed by atoms with van der Waals surface area (Å²) >= 11 is 1.30. The zero-order valence-electron chi connectivity index (χ0n) is 10.3. The third-order valence-electron chi connectivity index (χ3n) is 2.60. The van der Waals surface area contributed by atoms with Crippen LogP contribution in [0.3, 0.4) is 0 Å². The molecule has 0 fully saturated rings. The Morgan fingerprint density at radius 1 is 1.37 bits per heavy atom. The van der Waals surface area contributed by atoms with Crippen LogP contribution >= 0.6 is 11.3 Å². The first-order chi connectivity index (χ1) is 8.88. The fourth-order valence-corrected chi connectivity index (χ4v) is 3.18. The molecule has 1 amide bonds. The lowest BCUT2D eigenvalue weighted by atomic mass is 10.2. The highest BCUT2D eigenvalue weighted by Gasteiger charge is 2.16. The molecule has 0 saturated heterocycles. The third-order valence-corrected chi connectivity index (χ3v) is 4.73. The van der Waals surface area contributed by atoms with Crippen molar-refractivity contribution in [1.82, 2.24) is 5.32 Å². The molecule has 19 heavy (non-hydrogen) atoms. The molecule has 0 spiro atoms. The van der Waals surface area contributed by atoms with Gasteiger partial charge >= 0.3 is 0 Å². The largest absolute Gasteiger partial charge is 0.397 e. The second-order valence-corrected chi connectivity index (χ2v) is 7.54. The van der Waals surface area contributed by atoms with Crippen molar-refractivity contribution in [1.29, 1.82) is 0 Å². The third kappa shape index (κ3) is 3.24. The van der Waals surface area contributed by atoms with Crippen molar-refractivity contribution in [2.24, 2.45) is 0 Å². The van der Waals surface area contributed by atoms with E-state index in [9.17, 15) is 13.2 Å². The summed E-state index contributed by atoms with van der Waals surface area (Å²) in [6, 6.07) is 7.48. The number of nitrogens with two attached hydrogens (primary N) is 1. The molecule has 1 heterocycles. The van der Waals surface area contributed by atoms with Gasteiger partial charge in [0.25, 0.3) is 5.91 Å². The summed E-state index contributed by atoms with van der Waals surface area (Å²) in [5.74, 6) is -0.411. The Labute approximate surface area is 115 Å². The number of anilines is 1. The standard InChI is InChI=1S/C12H14N2O3S2/c1-19(16,17)7-6-14-12(15)11-10(13)8-4-2-3-5-9(8)18-11/h2-5H,6-7,13H2,1H3,(H,14,15). The van der Waals surface area contributed by atoms with Crippen molar-refractivity contribution in [3.8, 4) is 0 Å². The van der Waals surface area contributed by atoms with Gasteiger partial charge in [-0.1, -0.05) is 18.2 Å². The Morgan fingerprint density at radius 2 is 2.05 bits per heavy atom. The molecule has 2 rings (SSSR count). The van der Waals surface area contributed by atoms with E-state index in [1.807, 2.05) is 24.3 Å². The van der Waals surface area contributed by atoms with Crippen LogP contribution in [0.5, 0.6) is 0 Å². The first-order valence-electron chi connectivity index (χ1n) is 5.61. The van der Waals surface area contributed by atoms with Gasteiger partial charge in [0.1, 0.15) is 14.7 Å².